The van der Waals surface area contributed by atoms with E-state index in [0.717, 1.165) is 16.9 Å². The van der Waals surface area contributed by atoms with Crippen molar-refractivity contribution >= 4 is 24.2 Å². The van der Waals surface area contributed by atoms with Gasteiger partial charge in [0, 0.05) is 18.3 Å². The van der Waals surface area contributed by atoms with Crippen molar-refractivity contribution in [3.63, 3.8) is 0 Å². The average molecular weight is 160 g/mol. The maximum absolute atomic E-state index is 3.87. The van der Waals surface area contributed by atoms with Crippen LogP contribution in [0.1, 0.15) is 5.56 Å². The van der Waals surface area contributed by atoms with E-state index in [9.17, 15) is 0 Å². The molecule has 0 aliphatic rings. The molecule has 0 aliphatic carbocycles. The fourth-order valence-corrected chi connectivity index (χ4v) is 1.02. The summed E-state index contributed by atoms with van der Waals surface area (Å²) in [6.07, 6.45) is 1.77. The highest BCUT2D eigenvalue weighted by Gasteiger charge is 1.96. The van der Waals surface area contributed by atoms with Gasteiger partial charge < -0.3 is 5.32 Å². The summed E-state index contributed by atoms with van der Waals surface area (Å²) in [5.41, 5.74) is 2.91. The molecule has 0 saturated carbocycles. The van der Waals surface area contributed by atoms with E-state index in [1.54, 1.807) is 6.08 Å². The van der Waals surface area contributed by atoms with Gasteiger partial charge in [-0.1, -0.05) is 12.7 Å². The van der Waals surface area contributed by atoms with Gasteiger partial charge in [0.25, 0.3) is 0 Å². The molecule has 0 aliphatic heterocycles. The van der Waals surface area contributed by atoms with Crippen molar-refractivity contribution in [1.82, 2.24) is 0 Å². The number of anilines is 1. The zero-order chi connectivity index (χ0) is 8.97. The lowest BCUT2D eigenvalue weighted by molar-refractivity contribution is 1.47. The van der Waals surface area contributed by atoms with Gasteiger partial charge in [-0.05, 0) is 24.9 Å². The van der Waals surface area contributed by atoms with Gasteiger partial charge in [0.05, 0.1) is 5.69 Å². The lowest BCUT2D eigenvalue weighted by Gasteiger charge is -2.03. The topological polar surface area (TPSA) is 24.4 Å². The Labute approximate surface area is 72.6 Å². The molecule has 0 radical (unpaired) electrons. The van der Waals surface area contributed by atoms with Crippen molar-refractivity contribution in [2.24, 2.45) is 4.99 Å². The van der Waals surface area contributed by atoms with Gasteiger partial charge in [-0.15, -0.1) is 0 Å². The Bertz CT molecular complexity index is 303. The van der Waals surface area contributed by atoms with Crippen molar-refractivity contribution in [2.75, 3.05) is 12.4 Å². The largest absolute Gasteiger partial charge is 0.388 e. The second-order valence-corrected chi connectivity index (χ2v) is 2.39. The van der Waals surface area contributed by atoms with Crippen LogP contribution < -0.4 is 5.32 Å². The Morgan fingerprint density at radius 3 is 2.75 bits per heavy atom. The summed E-state index contributed by atoms with van der Waals surface area (Å²) >= 11 is 0. The molecule has 1 aromatic rings. The monoisotopic (exact) mass is 160 g/mol. The van der Waals surface area contributed by atoms with Crippen LogP contribution in [0, 0.1) is 0 Å². The van der Waals surface area contributed by atoms with Gasteiger partial charge in [0.15, 0.2) is 0 Å². The smallest absolute Gasteiger partial charge is 0.0696 e. The summed E-state index contributed by atoms with van der Waals surface area (Å²) in [5.74, 6) is 0. The summed E-state index contributed by atoms with van der Waals surface area (Å²) < 4.78 is 0. The Hall–Kier alpha value is -1.57. The second-order valence-electron chi connectivity index (χ2n) is 2.39. The van der Waals surface area contributed by atoms with Gasteiger partial charge in [-0.25, -0.2) is 0 Å². The molecule has 2 heteroatoms. The van der Waals surface area contributed by atoms with E-state index < -0.39 is 0 Å². The van der Waals surface area contributed by atoms with Crippen LogP contribution >= 0.6 is 0 Å². The van der Waals surface area contributed by atoms with E-state index in [-0.39, 0.29) is 0 Å². The first kappa shape index (κ1) is 8.53. The zero-order valence-electron chi connectivity index (χ0n) is 7.17. The minimum atomic E-state index is 0.865. The molecule has 12 heavy (non-hydrogen) atoms. The van der Waals surface area contributed by atoms with Crippen LogP contribution in [0.15, 0.2) is 29.8 Å². The lowest BCUT2D eigenvalue weighted by Crippen LogP contribution is -1.87. The fraction of sp³-hybridized carbons (Fsp3) is 0.100. The molecule has 62 valence electrons. The number of hydrogen-bond acceptors (Lipinski definition) is 2. The molecule has 0 amide bonds. The highest BCUT2D eigenvalue weighted by molar-refractivity contribution is 5.69. The summed E-state index contributed by atoms with van der Waals surface area (Å²) in [4.78, 5) is 3.87. The van der Waals surface area contributed by atoms with Crippen LogP contribution in [0.5, 0.6) is 0 Å². The third-order valence-electron chi connectivity index (χ3n) is 1.71. The molecule has 0 heterocycles. The van der Waals surface area contributed by atoms with Crippen molar-refractivity contribution in [3.05, 3.63) is 30.3 Å². The normalized spacial score (nSPS) is 9.08. The number of rotatable bonds is 3. The Balaban J connectivity index is 3.18. The summed E-state index contributed by atoms with van der Waals surface area (Å²) in [7, 11) is 1.88. The third kappa shape index (κ3) is 1.53. The predicted molar refractivity (Wildman–Crippen MR) is 55.3 cm³/mol. The number of aliphatic imine (C=N–C) groups is 1. The molecule has 0 saturated heterocycles. The molecular formula is C10H12N2. The van der Waals surface area contributed by atoms with E-state index in [1.165, 1.54) is 0 Å². The molecule has 0 unspecified atom stereocenters. The molecular weight excluding hydrogens is 148 g/mol. The van der Waals surface area contributed by atoms with Gasteiger partial charge in [0.1, 0.15) is 0 Å². The van der Waals surface area contributed by atoms with Crippen molar-refractivity contribution < 1.29 is 0 Å². The van der Waals surface area contributed by atoms with E-state index in [2.05, 4.69) is 23.6 Å². The van der Waals surface area contributed by atoms with E-state index >= 15 is 0 Å². The molecule has 0 atom stereocenters. The number of nitrogens with zero attached hydrogens (tertiary/aromatic N) is 1. The maximum Gasteiger partial charge on any atom is 0.0696 e. The first-order valence-corrected chi connectivity index (χ1v) is 3.72. The van der Waals surface area contributed by atoms with Gasteiger partial charge >= 0.3 is 0 Å². The maximum atomic E-state index is 3.87. The van der Waals surface area contributed by atoms with Crippen molar-refractivity contribution in [2.45, 2.75) is 0 Å². The number of benzene rings is 1. The lowest BCUT2D eigenvalue weighted by atomic mass is 10.1. The highest BCUT2D eigenvalue weighted by Crippen LogP contribution is 2.23. The van der Waals surface area contributed by atoms with E-state index in [1.807, 2.05) is 25.2 Å². The minimum Gasteiger partial charge on any atom is -0.388 e. The Kier molecular flexibility index (Phi) is 2.64. The molecule has 0 bridgehead atoms. The average Bonchev–Trinajstić information content (AvgIpc) is 2.16. The second kappa shape index (κ2) is 3.72. The molecule has 0 aromatic heterocycles. The molecule has 2 nitrogen and oxygen atoms in total. The van der Waals surface area contributed by atoms with Crippen LogP contribution in [0.4, 0.5) is 11.4 Å². The molecule has 0 spiro atoms. The Morgan fingerprint density at radius 1 is 1.50 bits per heavy atom. The summed E-state index contributed by atoms with van der Waals surface area (Å²) in [6.45, 7) is 7.18. The van der Waals surface area contributed by atoms with Crippen LogP contribution in [0.25, 0.3) is 6.08 Å². The van der Waals surface area contributed by atoms with Crippen LogP contribution in [0.3, 0.4) is 0 Å². The first-order valence-electron chi connectivity index (χ1n) is 3.72. The SMILES string of the molecule is C=Cc1cc(NC)ccc1N=C. The third-order valence-corrected chi connectivity index (χ3v) is 1.71. The minimum absolute atomic E-state index is 0.865. The molecule has 1 aromatic carbocycles. The van der Waals surface area contributed by atoms with Gasteiger partial charge in [-0.3, -0.25) is 4.99 Å². The molecule has 0 fully saturated rings. The fourth-order valence-electron chi connectivity index (χ4n) is 1.02. The van der Waals surface area contributed by atoms with Gasteiger partial charge in [0.2, 0.25) is 0 Å². The predicted octanol–water partition coefficient (Wildman–Crippen LogP) is 2.70. The quantitative estimate of drug-likeness (QED) is 0.675. The van der Waals surface area contributed by atoms with Crippen LogP contribution in [-0.4, -0.2) is 13.8 Å². The zero-order valence-corrected chi connectivity index (χ0v) is 7.17. The molecule has 1 rings (SSSR count). The van der Waals surface area contributed by atoms with Crippen LogP contribution in [-0.2, 0) is 0 Å². The van der Waals surface area contributed by atoms with Gasteiger partial charge in [-0.2, -0.15) is 0 Å². The van der Waals surface area contributed by atoms with E-state index in [4.69, 9.17) is 0 Å². The molecule has 1 N–H and O–H groups in total. The number of hydrogen-bond donors (Lipinski definition) is 1. The van der Waals surface area contributed by atoms with E-state index in [0.29, 0.717) is 0 Å². The highest BCUT2D eigenvalue weighted by atomic mass is 14.8. The summed E-state index contributed by atoms with van der Waals surface area (Å²) in [6, 6.07) is 5.85. The number of nitrogens with one attached hydrogen (secondary N) is 1. The van der Waals surface area contributed by atoms with Crippen molar-refractivity contribution in [3.8, 4) is 0 Å². The standard InChI is InChI=1S/C10H12N2/c1-4-8-7-9(11-2)5-6-10(8)12-3/h4-7,11H,1,3H2,2H3. The van der Waals surface area contributed by atoms with Crippen molar-refractivity contribution in [1.29, 1.82) is 0 Å². The Morgan fingerprint density at radius 2 is 2.25 bits per heavy atom. The van der Waals surface area contributed by atoms with Crippen LogP contribution in [0.2, 0.25) is 0 Å². The first-order chi connectivity index (χ1) is 5.81. The summed E-state index contributed by atoms with van der Waals surface area (Å²) in [5, 5.41) is 3.04.